The van der Waals surface area contributed by atoms with Crippen LogP contribution in [0.15, 0.2) is 36.5 Å². The van der Waals surface area contributed by atoms with Crippen LogP contribution in [0.3, 0.4) is 0 Å². The first-order chi connectivity index (χ1) is 15.3. The van der Waals surface area contributed by atoms with Crippen LogP contribution < -0.4 is 10.1 Å². The SMILES string of the molecule is COc1ccc(-n2c(C=CNCCO)c([N+](=O)[O-])c3ccc(O)c(CN(C)C)c32)cc1O. The summed E-state index contributed by atoms with van der Waals surface area (Å²) in [6.07, 6.45) is 3.05. The standard InChI is InChI=1S/C22H26N4O6/c1-24(2)13-16-18(28)6-5-15-21(16)25(14-4-7-20(32-3)19(29)12-14)17(22(15)26(30)31)8-9-23-10-11-27/h4-9,12,23,27-29H,10-11,13H2,1-3H3. The topological polar surface area (TPSA) is 133 Å². The summed E-state index contributed by atoms with van der Waals surface area (Å²) in [4.78, 5) is 13.5. The van der Waals surface area contributed by atoms with Gasteiger partial charge in [-0.3, -0.25) is 10.1 Å². The first kappa shape index (κ1) is 22.9. The number of aliphatic hydroxyl groups is 1. The molecule has 3 rings (SSSR count). The second kappa shape index (κ2) is 9.58. The van der Waals surface area contributed by atoms with E-state index in [1.54, 1.807) is 16.7 Å². The number of fused-ring (bicyclic) bond motifs is 1. The number of methoxy groups -OCH3 is 1. The number of hydrogen-bond donors (Lipinski definition) is 4. The van der Waals surface area contributed by atoms with Crippen molar-refractivity contribution in [3.05, 3.63) is 57.9 Å². The van der Waals surface area contributed by atoms with Crippen molar-refractivity contribution in [1.82, 2.24) is 14.8 Å². The molecule has 1 heterocycles. The third-order valence-corrected chi connectivity index (χ3v) is 4.91. The van der Waals surface area contributed by atoms with Gasteiger partial charge in [0.05, 0.1) is 35.2 Å². The number of aliphatic hydroxyl groups excluding tert-OH is 1. The molecule has 3 aromatic rings. The molecule has 0 bridgehead atoms. The highest BCUT2D eigenvalue weighted by atomic mass is 16.6. The van der Waals surface area contributed by atoms with Crippen LogP contribution in [0.25, 0.3) is 22.7 Å². The van der Waals surface area contributed by atoms with E-state index in [-0.39, 0.29) is 41.8 Å². The highest BCUT2D eigenvalue weighted by Crippen LogP contribution is 2.42. The summed E-state index contributed by atoms with van der Waals surface area (Å²) < 4.78 is 6.75. The van der Waals surface area contributed by atoms with E-state index < -0.39 is 4.92 Å². The summed E-state index contributed by atoms with van der Waals surface area (Å²) >= 11 is 0. The third-order valence-electron chi connectivity index (χ3n) is 4.91. The molecule has 0 aliphatic heterocycles. The number of nitro groups is 1. The van der Waals surface area contributed by atoms with Gasteiger partial charge in [-0.25, -0.2) is 0 Å². The zero-order valence-corrected chi connectivity index (χ0v) is 18.1. The Kier molecular flexibility index (Phi) is 6.86. The number of nitrogens with one attached hydrogen (secondary N) is 1. The summed E-state index contributed by atoms with van der Waals surface area (Å²) in [6.45, 7) is 0.515. The highest BCUT2D eigenvalue weighted by molar-refractivity contribution is 5.99. The molecule has 10 nitrogen and oxygen atoms in total. The van der Waals surface area contributed by atoms with Crippen LogP contribution in [0.2, 0.25) is 0 Å². The van der Waals surface area contributed by atoms with Crippen molar-refractivity contribution in [2.75, 3.05) is 34.4 Å². The van der Waals surface area contributed by atoms with Gasteiger partial charge in [-0.05, 0) is 50.6 Å². The van der Waals surface area contributed by atoms with Crippen LogP contribution in [0.4, 0.5) is 5.69 Å². The lowest BCUT2D eigenvalue weighted by Gasteiger charge is -2.16. The first-order valence-corrected chi connectivity index (χ1v) is 9.86. The molecule has 0 aliphatic rings. The minimum absolute atomic E-state index is 0.00603. The molecule has 0 atom stereocenters. The Balaban J connectivity index is 2.43. The van der Waals surface area contributed by atoms with E-state index in [1.165, 1.54) is 37.6 Å². The summed E-state index contributed by atoms with van der Waals surface area (Å²) in [5.74, 6) is 0.140. The lowest BCUT2D eigenvalue weighted by atomic mass is 10.1. The second-order valence-corrected chi connectivity index (χ2v) is 7.39. The number of phenols is 2. The molecule has 1 aromatic heterocycles. The molecular formula is C22H26N4O6. The Morgan fingerprint density at radius 3 is 2.56 bits per heavy atom. The van der Waals surface area contributed by atoms with Gasteiger partial charge < -0.3 is 34.8 Å². The molecule has 0 spiro atoms. The van der Waals surface area contributed by atoms with Crippen LogP contribution in [-0.4, -0.2) is 64.1 Å². The molecule has 2 aromatic carbocycles. The molecule has 32 heavy (non-hydrogen) atoms. The Morgan fingerprint density at radius 1 is 1.22 bits per heavy atom. The van der Waals surface area contributed by atoms with Crippen molar-refractivity contribution in [3.8, 4) is 22.9 Å². The molecule has 4 N–H and O–H groups in total. The maximum Gasteiger partial charge on any atom is 0.302 e. The van der Waals surface area contributed by atoms with Crippen molar-refractivity contribution in [2.45, 2.75) is 6.54 Å². The molecule has 0 unspecified atom stereocenters. The fourth-order valence-corrected chi connectivity index (χ4v) is 3.63. The fourth-order valence-electron chi connectivity index (χ4n) is 3.63. The number of aromatic hydroxyl groups is 2. The summed E-state index contributed by atoms with van der Waals surface area (Å²) in [6, 6.07) is 7.64. The van der Waals surface area contributed by atoms with E-state index >= 15 is 0 Å². The zero-order valence-electron chi connectivity index (χ0n) is 18.1. The average molecular weight is 442 g/mol. The van der Waals surface area contributed by atoms with Crippen LogP contribution in [0, 0.1) is 10.1 Å². The Morgan fingerprint density at radius 2 is 1.97 bits per heavy atom. The summed E-state index contributed by atoms with van der Waals surface area (Å²) in [7, 11) is 5.09. The average Bonchev–Trinajstić information content (AvgIpc) is 3.07. The van der Waals surface area contributed by atoms with Crippen LogP contribution in [0.5, 0.6) is 17.2 Å². The van der Waals surface area contributed by atoms with Gasteiger partial charge >= 0.3 is 5.69 Å². The molecule has 0 radical (unpaired) electrons. The van der Waals surface area contributed by atoms with Gasteiger partial charge in [0.15, 0.2) is 11.5 Å². The van der Waals surface area contributed by atoms with Gasteiger partial charge in [-0.2, -0.15) is 0 Å². The maximum atomic E-state index is 12.1. The van der Waals surface area contributed by atoms with Crippen LogP contribution in [-0.2, 0) is 6.54 Å². The number of benzene rings is 2. The smallest absolute Gasteiger partial charge is 0.302 e. The van der Waals surface area contributed by atoms with Crippen LogP contribution in [0.1, 0.15) is 11.3 Å². The molecule has 0 fully saturated rings. The largest absolute Gasteiger partial charge is 0.508 e. The van der Waals surface area contributed by atoms with Gasteiger partial charge in [0.2, 0.25) is 0 Å². The summed E-state index contributed by atoms with van der Waals surface area (Å²) in [5, 5.41) is 45.3. The van der Waals surface area contributed by atoms with E-state index in [0.29, 0.717) is 28.7 Å². The number of phenolic OH excluding ortho intramolecular Hbond substituents is 2. The Hall–Kier alpha value is -3.76. The van der Waals surface area contributed by atoms with Gasteiger partial charge in [0.25, 0.3) is 0 Å². The minimum Gasteiger partial charge on any atom is -0.508 e. The van der Waals surface area contributed by atoms with Gasteiger partial charge in [0.1, 0.15) is 11.4 Å². The monoisotopic (exact) mass is 442 g/mol. The quantitative estimate of drug-likeness (QED) is 0.226. The number of rotatable bonds is 9. The Bertz CT molecular complexity index is 1170. The van der Waals surface area contributed by atoms with Crippen molar-refractivity contribution in [1.29, 1.82) is 0 Å². The van der Waals surface area contributed by atoms with Crippen molar-refractivity contribution in [2.24, 2.45) is 0 Å². The molecule has 0 saturated heterocycles. The lowest BCUT2D eigenvalue weighted by Crippen LogP contribution is -2.12. The van der Waals surface area contributed by atoms with Crippen LogP contribution >= 0.6 is 0 Å². The molecule has 0 saturated carbocycles. The van der Waals surface area contributed by atoms with E-state index in [2.05, 4.69) is 5.32 Å². The van der Waals surface area contributed by atoms with Crippen molar-refractivity contribution < 1.29 is 25.0 Å². The normalized spacial score (nSPS) is 11.5. The number of hydrogen-bond acceptors (Lipinski definition) is 8. The highest BCUT2D eigenvalue weighted by Gasteiger charge is 2.29. The minimum atomic E-state index is -0.468. The second-order valence-electron chi connectivity index (χ2n) is 7.39. The number of aromatic nitrogens is 1. The van der Waals surface area contributed by atoms with E-state index in [0.717, 1.165) is 0 Å². The molecule has 10 heteroatoms. The predicted octanol–water partition coefficient (Wildman–Crippen LogP) is 2.57. The lowest BCUT2D eigenvalue weighted by molar-refractivity contribution is -0.383. The third kappa shape index (κ3) is 4.32. The van der Waals surface area contributed by atoms with Crippen molar-refractivity contribution in [3.63, 3.8) is 0 Å². The molecule has 0 aliphatic carbocycles. The first-order valence-electron chi connectivity index (χ1n) is 9.86. The van der Waals surface area contributed by atoms with E-state index in [1.807, 2.05) is 19.0 Å². The molecular weight excluding hydrogens is 416 g/mol. The maximum absolute atomic E-state index is 12.1. The zero-order chi connectivity index (χ0) is 23.4. The van der Waals surface area contributed by atoms with Gasteiger partial charge in [0, 0.05) is 24.7 Å². The van der Waals surface area contributed by atoms with E-state index in [9.17, 15) is 20.3 Å². The molecule has 0 amide bonds. The summed E-state index contributed by atoms with van der Waals surface area (Å²) in [5.41, 5.74) is 1.52. The predicted molar refractivity (Wildman–Crippen MR) is 121 cm³/mol. The molecule has 170 valence electrons. The Labute approximate surface area is 184 Å². The fraction of sp³-hybridized carbons (Fsp3) is 0.273. The number of nitrogens with zero attached hydrogens (tertiary/aromatic N) is 3. The van der Waals surface area contributed by atoms with Crippen molar-refractivity contribution >= 4 is 22.7 Å². The number of ether oxygens (including phenoxy) is 1. The van der Waals surface area contributed by atoms with Gasteiger partial charge in [-0.1, -0.05) is 0 Å². The van der Waals surface area contributed by atoms with Gasteiger partial charge in [-0.15, -0.1) is 0 Å². The van der Waals surface area contributed by atoms with E-state index in [4.69, 9.17) is 9.84 Å².